The number of rotatable bonds is 5. The third-order valence-electron chi connectivity index (χ3n) is 2.66. The molecule has 3 N–H and O–H groups in total. The molecule has 122 valence electrons. The van der Waals surface area contributed by atoms with E-state index in [0.29, 0.717) is 0 Å². The number of alkyl halides is 3. The van der Waals surface area contributed by atoms with Crippen LogP contribution in [0.2, 0.25) is 0 Å². The molecular formula is C12H11F3N6O2. The lowest BCUT2D eigenvalue weighted by Crippen LogP contribution is -2.29. The molecule has 2 amide bonds. The van der Waals surface area contributed by atoms with Crippen molar-refractivity contribution in [2.24, 2.45) is 0 Å². The fourth-order valence-electron chi connectivity index (χ4n) is 1.58. The van der Waals surface area contributed by atoms with Crippen molar-refractivity contribution in [2.75, 3.05) is 11.9 Å². The fourth-order valence-corrected chi connectivity index (χ4v) is 1.58. The molecule has 2 aromatic rings. The summed E-state index contributed by atoms with van der Waals surface area (Å²) >= 11 is 0. The molecule has 0 aliphatic carbocycles. The van der Waals surface area contributed by atoms with Gasteiger partial charge in [-0.1, -0.05) is 0 Å². The minimum atomic E-state index is -4.37. The molecule has 0 aliphatic rings. The van der Waals surface area contributed by atoms with Crippen LogP contribution in [0.1, 0.15) is 27.3 Å². The van der Waals surface area contributed by atoms with Crippen molar-refractivity contribution >= 4 is 17.5 Å². The summed E-state index contributed by atoms with van der Waals surface area (Å²) in [5, 5.41) is 17.5. The average Bonchev–Trinajstić information content (AvgIpc) is 2.95. The Kier molecular flexibility index (Phi) is 4.88. The lowest BCUT2D eigenvalue weighted by Gasteiger charge is -2.08. The maximum atomic E-state index is 12.0. The summed E-state index contributed by atoms with van der Waals surface area (Å²) in [5.41, 5.74) is 0.0866. The van der Waals surface area contributed by atoms with Crippen LogP contribution in [0.3, 0.4) is 0 Å². The second kappa shape index (κ2) is 6.85. The first-order chi connectivity index (χ1) is 10.9. The first kappa shape index (κ1) is 16.4. The van der Waals surface area contributed by atoms with Crippen LogP contribution in [-0.4, -0.2) is 44.9 Å². The number of nitrogens with zero attached hydrogens (tertiary/aromatic N) is 3. The van der Waals surface area contributed by atoms with E-state index in [9.17, 15) is 22.8 Å². The number of amides is 2. The van der Waals surface area contributed by atoms with Crippen LogP contribution >= 0.6 is 0 Å². The molecule has 8 nitrogen and oxygen atoms in total. The zero-order chi connectivity index (χ0) is 16.9. The third kappa shape index (κ3) is 4.76. The van der Waals surface area contributed by atoms with E-state index in [-0.39, 0.29) is 16.9 Å². The van der Waals surface area contributed by atoms with Gasteiger partial charge in [-0.3, -0.25) is 14.7 Å². The van der Waals surface area contributed by atoms with Crippen molar-refractivity contribution in [3.05, 3.63) is 35.9 Å². The SMILES string of the molecule is O=C(Nc1cn[nH]c1C(=O)NCCC(F)(F)F)c1ccnnc1. The van der Waals surface area contributed by atoms with E-state index in [0.717, 1.165) is 0 Å². The first-order valence-corrected chi connectivity index (χ1v) is 6.33. The van der Waals surface area contributed by atoms with Gasteiger partial charge in [0, 0.05) is 6.54 Å². The lowest BCUT2D eigenvalue weighted by molar-refractivity contribution is -0.133. The Bertz CT molecular complexity index is 686. The summed E-state index contributed by atoms with van der Waals surface area (Å²) in [7, 11) is 0. The number of halogens is 3. The lowest BCUT2D eigenvalue weighted by atomic mass is 10.2. The monoisotopic (exact) mass is 328 g/mol. The normalized spacial score (nSPS) is 11.1. The van der Waals surface area contributed by atoms with E-state index in [1.54, 1.807) is 0 Å². The standard InChI is InChI=1S/C12H11F3N6O2/c13-12(14,15)2-4-16-11(23)9-8(6-19-21-9)20-10(22)7-1-3-17-18-5-7/h1,3,5-6H,2,4H2,(H,16,23)(H,19,21)(H,20,22). The smallest absolute Gasteiger partial charge is 0.350 e. The molecule has 0 fully saturated rings. The van der Waals surface area contributed by atoms with Crippen LogP contribution in [0.5, 0.6) is 0 Å². The van der Waals surface area contributed by atoms with Gasteiger partial charge < -0.3 is 10.6 Å². The summed E-state index contributed by atoms with van der Waals surface area (Å²) in [6.07, 6.45) is -1.82. The number of nitrogens with one attached hydrogen (secondary N) is 3. The number of hydrogen-bond acceptors (Lipinski definition) is 5. The van der Waals surface area contributed by atoms with Crippen molar-refractivity contribution in [1.82, 2.24) is 25.7 Å². The maximum absolute atomic E-state index is 12.0. The van der Waals surface area contributed by atoms with Crippen molar-refractivity contribution in [3.8, 4) is 0 Å². The summed E-state index contributed by atoms with van der Waals surface area (Å²) in [5.74, 6) is -1.37. The van der Waals surface area contributed by atoms with E-state index in [1.807, 2.05) is 0 Å². The van der Waals surface area contributed by atoms with Crippen LogP contribution in [0, 0.1) is 0 Å². The Morgan fingerprint density at radius 1 is 1.17 bits per heavy atom. The Balaban J connectivity index is 1.99. The Morgan fingerprint density at radius 2 is 1.96 bits per heavy atom. The maximum Gasteiger partial charge on any atom is 0.390 e. The van der Waals surface area contributed by atoms with Crippen LogP contribution in [0.15, 0.2) is 24.7 Å². The minimum absolute atomic E-state index is 0.0383. The highest BCUT2D eigenvalue weighted by molar-refractivity contribution is 6.07. The largest absolute Gasteiger partial charge is 0.390 e. The van der Waals surface area contributed by atoms with Gasteiger partial charge in [0.1, 0.15) is 5.69 Å². The summed E-state index contributed by atoms with van der Waals surface area (Å²) < 4.78 is 36.1. The second-order valence-corrected chi connectivity index (χ2v) is 4.36. The number of carbonyl (C=O) groups excluding carboxylic acids is 2. The molecule has 2 rings (SSSR count). The van der Waals surface area contributed by atoms with E-state index in [4.69, 9.17) is 0 Å². The molecule has 2 aromatic heterocycles. The first-order valence-electron chi connectivity index (χ1n) is 6.33. The van der Waals surface area contributed by atoms with E-state index in [1.165, 1.54) is 24.7 Å². The van der Waals surface area contributed by atoms with Gasteiger partial charge in [-0.05, 0) is 6.07 Å². The van der Waals surface area contributed by atoms with Gasteiger partial charge in [0.15, 0.2) is 0 Å². The van der Waals surface area contributed by atoms with Gasteiger partial charge in [0.25, 0.3) is 11.8 Å². The van der Waals surface area contributed by atoms with Gasteiger partial charge in [-0.15, -0.1) is 0 Å². The number of H-pyrrole nitrogens is 1. The van der Waals surface area contributed by atoms with Gasteiger partial charge in [-0.2, -0.15) is 28.5 Å². The van der Waals surface area contributed by atoms with E-state index in [2.05, 4.69) is 31.0 Å². The quantitative estimate of drug-likeness (QED) is 0.762. The molecule has 0 aliphatic heterocycles. The molecule has 0 spiro atoms. The van der Waals surface area contributed by atoms with Gasteiger partial charge in [0.05, 0.1) is 36.3 Å². The highest BCUT2D eigenvalue weighted by atomic mass is 19.4. The highest BCUT2D eigenvalue weighted by Crippen LogP contribution is 2.18. The number of anilines is 1. The molecule has 11 heteroatoms. The third-order valence-corrected chi connectivity index (χ3v) is 2.66. The molecule has 2 heterocycles. The Labute approximate surface area is 127 Å². The molecule has 23 heavy (non-hydrogen) atoms. The molecule has 0 unspecified atom stereocenters. The van der Waals surface area contributed by atoms with Crippen molar-refractivity contribution in [1.29, 1.82) is 0 Å². The molecular weight excluding hydrogens is 317 g/mol. The highest BCUT2D eigenvalue weighted by Gasteiger charge is 2.27. The van der Waals surface area contributed by atoms with Crippen molar-refractivity contribution in [3.63, 3.8) is 0 Å². The molecule has 0 aromatic carbocycles. The molecule has 0 radical (unpaired) electrons. The van der Waals surface area contributed by atoms with E-state index < -0.39 is 31.0 Å². The zero-order valence-electron chi connectivity index (χ0n) is 11.5. The number of aromatic amines is 1. The second-order valence-electron chi connectivity index (χ2n) is 4.36. The average molecular weight is 328 g/mol. The summed E-state index contributed by atoms with van der Waals surface area (Å²) in [6, 6.07) is 1.41. The number of hydrogen-bond donors (Lipinski definition) is 3. The van der Waals surface area contributed by atoms with Crippen LogP contribution in [0.25, 0.3) is 0 Å². The summed E-state index contributed by atoms with van der Waals surface area (Å²) in [4.78, 5) is 23.7. The summed E-state index contributed by atoms with van der Waals surface area (Å²) in [6.45, 7) is -0.580. The predicted octanol–water partition coefficient (Wildman–Crippen LogP) is 1.13. The topological polar surface area (TPSA) is 113 Å². The van der Waals surface area contributed by atoms with Crippen LogP contribution in [-0.2, 0) is 0 Å². The van der Waals surface area contributed by atoms with Crippen molar-refractivity contribution < 1.29 is 22.8 Å². The van der Waals surface area contributed by atoms with Gasteiger partial charge in [0.2, 0.25) is 0 Å². The van der Waals surface area contributed by atoms with E-state index >= 15 is 0 Å². The molecule has 0 bridgehead atoms. The molecule has 0 atom stereocenters. The minimum Gasteiger partial charge on any atom is -0.350 e. The number of carbonyl (C=O) groups is 2. The Hall–Kier alpha value is -2.98. The van der Waals surface area contributed by atoms with Crippen molar-refractivity contribution in [2.45, 2.75) is 12.6 Å². The zero-order valence-corrected chi connectivity index (χ0v) is 11.5. The Morgan fingerprint density at radius 3 is 2.61 bits per heavy atom. The fraction of sp³-hybridized carbons (Fsp3) is 0.250. The molecule has 0 saturated heterocycles. The predicted molar refractivity (Wildman–Crippen MR) is 71.6 cm³/mol. The van der Waals surface area contributed by atoms with Gasteiger partial charge >= 0.3 is 6.18 Å². The van der Waals surface area contributed by atoms with Crippen LogP contribution < -0.4 is 10.6 Å². The van der Waals surface area contributed by atoms with Gasteiger partial charge in [-0.25, -0.2) is 0 Å². The van der Waals surface area contributed by atoms with Crippen LogP contribution in [0.4, 0.5) is 18.9 Å². The number of aromatic nitrogens is 4. The molecule has 0 saturated carbocycles.